The molecule has 0 amide bonds. The van der Waals surface area contributed by atoms with Crippen LogP contribution in [0.2, 0.25) is 0 Å². The molecule has 4 rings (SSSR count). The number of pyridine rings is 1. The Morgan fingerprint density at radius 1 is 1.17 bits per heavy atom. The fourth-order valence-electron chi connectivity index (χ4n) is 2.99. The monoisotopic (exact) mass is 418 g/mol. The predicted octanol–water partition coefficient (Wildman–Crippen LogP) is 0.0478. The third-order valence-electron chi connectivity index (χ3n) is 4.21. The van der Waals surface area contributed by atoms with E-state index >= 15 is 0 Å². The van der Waals surface area contributed by atoms with E-state index in [1.165, 1.54) is 31.3 Å². The van der Waals surface area contributed by atoms with Gasteiger partial charge in [-0.2, -0.15) is 5.10 Å². The van der Waals surface area contributed by atoms with Gasteiger partial charge >= 0.3 is 35.5 Å². The Labute approximate surface area is 191 Å². The SMILES string of the molecule is CC(=O)Oc1ccc(-c2cc([O-])n3nc(C)c(-c4ccc(F)cc4F)c3n2)cn1.[Na+]. The second kappa shape index (κ2) is 8.47. The Morgan fingerprint density at radius 3 is 2.57 bits per heavy atom. The quantitative estimate of drug-likeness (QED) is 0.345. The molecule has 146 valence electrons. The number of nitrogens with zero attached hydrogens (tertiary/aromatic N) is 4. The van der Waals surface area contributed by atoms with E-state index in [0.717, 1.165) is 16.6 Å². The minimum atomic E-state index is -0.782. The largest absolute Gasteiger partial charge is 1.00 e. The Balaban J connectivity index is 0.00000256. The average Bonchev–Trinajstić information content (AvgIpc) is 2.99. The van der Waals surface area contributed by atoms with Crippen LogP contribution in [0.25, 0.3) is 28.0 Å². The van der Waals surface area contributed by atoms with Crippen LogP contribution >= 0.6 is 0 Å². The molecule has 10 heteroatoms. The Morgan fingerprint density at radius 2 is 1.93 bits per heavy atom. The third kappa shape index (κ3) is 4.04. The molecule has 0 N–H and O–H groups in total. The summed E-state index contributed by atoms with van der Waals surface area (Å²) in [5, 5.41) is 16.7. The van der Waals surface area contributed by atoms with Crippen LogP contribution in [-0.2, 0) is 4.79 Å². The van der Waals surface area contributed by atoms with Gasteiger partial charge in [-0.1, -0.05) is 0 Å². The second-order valence-electron chi connectivity index (χ2n) is 6.28. The summed E-state index contributed by atoms with van der Waals surface area (Å²) in [5.74, 6) is -2.36. The van der Waals surface area contributed by atoms with E-state index < -0.39 is 23.5 Å². The molecule has 1 aromatic carbocycles. The summed E-state index contributed by atoms with van der Waals surface area (Å²) in [6.07, 6.45) is 1.40. The Bertz CT molecular complexity index is 1260. The number of carbonyl (C=O) groups is 1. The first kappa shape index (κ1) is 21.8. The van der Waals surface area contributed by atoms with E-state index in [9.17, 15) is 18.7 Å². The normalized spacial score (nSPS) is 10.7. The zero-order valence-corrected chi connectivity index (χ0v) is 18.3. The summed E-state index contributed by atoms with van der Waals surface area (Å²) in [6.45, 7) is 2.87. The number of rotatable bonds is 3. The Hall–Kier alpha value is -2.88. The maximum Gasteiger partial charge on any atom is 1.00 e. The van der Waals surface area contributed by atoms with Gasteiger partial charge in [0.25, 0.3) is 0 Å². The van der Waals surface area contributed by atoms with Gasteiger partial charge in [-0.15, -0.1) is 0 Å². The number of hydrogen-bond donors (Lipinski definition) is 0. The van der Waals surface area contributed by atoms with Crippen LogP contribution < -0.4 is 39.4 Å². The summed E-state index contributed by atoms with van der Waals surface area (Å²) in [4.78, 5) is 19.5. The van der Waals surface area contributed by atoms with Crippen LogP contribution in [0.5, 0.6) is 11.8 Å². The Kier molecular flexibility index (Phi) is 6.16. The van der Waals surface area contributed by atoms with E-state index in [1.807, 2.05) is 0 Å². The zero-order chi connectivity index (χ0) is 20.7. The summed E-state index contributed by atoms with van der Waals surface area (Å²) in [6, 6.07) is 7.49. The van der Waals surface area contributed by atoms with Crippen LogP contribution in [0, 0.1) is 18.6 Å². The molecule has 0 radical (unpaired) electrons. The van der Waals surface area contributed by atoms with Crippen LogP contribution in [0.4, 0.5) is 8.78 Å². The maximum absolute atomic E-state index is 14.4. The van der Waals surface area contributed by atoms with Crippen molar-refractivity contribution < 1.29 is 53.0 Å². The molecule has 0 bridgehead atoms. The molecule has 3 heterocycles. The summed E-state index contributed by atoms with van der Waals surface area (Å²) in [5.41, 5.74) is 1.68. The molecule has 0 unspecified atom stereocenters. The first-order chi connectivity index (χ1) is 13.8. The van der Waals surface area contributed by atoms with E-state index in [-0.39, 0.29) is 52.3 Å². The standard InChI is InChI=1S/C20H14F2N4O3.Na/c1-10-19(14-5-4-13(21)7-15(14)22)20-24-16(8-18(28)26(20)25-10)12-3-6-17(23-9-12)29-11(2)27;/h3-9,28H,1-2H3;/q;+1/p-1. The number of carbonyl (C=O) groups excluding carboxylic acids is 1. The number of hydrogen-bond acceptors (Lipinski definition) is 6. The average molecular weight is 418 g/mol. The van der Waals surface area contributed by atoms with Gasteiger partial charge in [0.05, 0.1) is 17.0 Å². The van der Waals surface area contributed by atoms with Crippen molar-refractivity contribution in [3.8, 4) is 34.1 Å². The molecule has 0 fully saturated rings. The first-order valence-electron chi connectivity index (χ1n) is 8.51. The molecule has 0 aliphatic rings. The van der Waals surface area contributed by atoms with Crippen molar-refractivity contribution in [3.63, 3.8) is 0 Å². The molecule has 7 nitrogen and oxygen atoms in total. The van der Waals surface area contributed by atoms with E-state index in [4.69, 9.17) is 4.74 Å². The van der Waals surface area contributed by atoms with Gasteiger partial charge in [0, 0.05) is 36.4 Å². The molecule has 3 aromatic heterocycles. The summed E-state index contributed by atoms with van der Waals surface area (Å²) < 4.78 is 33.6. The first-order valence-corrected chi connectivity index (χ1v) is 8.51. The molecule has 0 saturated carbocycles. The zero-order valence-electron chi connectivity index (χ0n) is 16.3. The minimum Gasteiger partial charge on any atom is -0.858 e. The van der Waals surface area contributed by atoms with Crippen molar-refractivity contribution in [1.82, 2.24) is 19.6 Å². The van der Waals surface area contributed by atoms with Gasteiger partial charge in [-0.05, 0) is 37.1 Å². The van der Waals surface area contributed by atoms with Crippen LogP contribution in [-0.4, -0.2) is 25.6 Å². The predicted molar refractivity (Wildman–Crippen MR) is 97.1 cm³/mol. The van der Waals surface area contributed by atoms with Crippen molar-refractivity contribution in [2.75, 3.05) is 0 Å². The number of halogens is 2. The number of aromatic nitrogens is 4. The molecule has 0 spiro atoms. The van der Waals surface area contributed by atoms with Gasteiger partial charge in [-0.3, -0.25) is 4.79 Å². The number of ether oxygens (including phenoxy) is 1. The molecule has 30 heavy (non-hydrogen) atoms. The van der Waals surface area contributed by atoms with Crippen molar-refractivity contribution in [1.29, 1.82) is 0 Å². The summed E-state index contributed by atoms with van der Waals surface area (Å²) in [7, 11) is 0. The topological polar surface area (TPSA) is 92.4 Å². The van der Waals surface area contributed by atoms with Gasteiger partial charge in [-0.25, -0.2) is 23.3 Å². The number of benzene rings is 1. The maximum atomic E-state index is 14.4. The van der Waals surface area contributed by atoms with Gasteiger partial charge in [0.1, 0.15) is 11.6 Å². The molecule has 0 aliphatic carbocycles. The van der Waals surface area contributed by atoms with Crippen LogP contribution in [0.15, 0.2) is 42.6 Å². The third-order valence-corrected chi connectivity index (χ3v) is 4.21. The van der Waals surface area contributed by atoms with Crippen LogP contribution in [0.1, 0.15) is 12.6 Å². The van der Waals surface area contributed by atoms with Gasteiger partial charge in [0.2, 0.25) is 5.88 Å². The van der Waals surface area contributed by atoms with Gasteiger partial charge in [0.15, 0.2) is 5.65 Å². The fraction of sp³-hybridized carbons (Fsp3) is 0.100. The van der Waals surface area contributed by atoms with E-state index in [2.05, 4.69) is 15.1 Å². The number of esters is 1. The molecule has 0 saturated heterocycles. The molecular weight excluding hydrogens is 405 g/mol. The van der Waals surface area contributed by atoms with Crippen molar-refractivity contribution >= 4 is 11.6 Å². The number of fused-ring (bicyclic) bond motifs is 1. The fourth-order valence-corrected chi connectivity index (χ4v) is 2.99. The van der Waals surface area contributed by atoms with E-state index in [0.29, 0.717) is 16.8 Å². The van der Waals surface area contributed by atoms with Crippen LogP contribution in [0.3, 0.4) is 0 Å². The van der Waals surface area contributed by atoms with Crippen molar-refractivity contribution in [3.05, 3.63) is 59.9 Å². The molecule has 0 atom stereocenters. The van der Waals surface area contributed by atoms with Gasteiger partial charge < -0.3 is 9.84 Å². The smallest absolute Gasteiger partial charge is 0.858 e. The summed E-state index contributed by atoms with van der Waals surface area (Å²) >= 11 is 0. The van der Waals surface area contributed by atoms with Crippen molar-refractivity contribution in [2.45, 2.75) is 13.8 Å². The van der Waals surface area contributed by atoms with Crippen molar-refractivity contribution in [2.24, 2.45) is 0 Å². The molecule has 0 aliphatic heterocycles. The molecular formula is C20H13F2N4NaO3. The minimum absolute atomic E-state index is 0. The van der Waals surface area contributed by atoms with E-state index in [1.54, 1.807) is 13.0 Å². The number of aryl methyl sites for hydroxylation is 1. The molecule has 4 aromatic rings. The second-order valence-corrected chi connectivity index (χ2v) is 6.28.